The summed E-state index contributed by atoms with van der Waals surface area (Å²) >= 11 is 3.39. The molecule has 1 aliphatic rings. The van der Waals surface area contributed by atoms with E-state index in [-0.39, 0.29) is 11.9 Å². The van der Waals surface area contributed by atoms with E-state index in [2.05, 4.69) is 26.1 Å². The molecule has 3 rings (SSSR count). The summed E-state index contributed by atoms with van der Waals surface area (Å²) in [4.78, 5) is 15.9. The van der Waals surface area contributed by atoms with Gasteiger partial charge in [0.2, 0.25) is 0 Å². The largest absolute Gasteiger partial charge is 0.336 e. The minimum Gasteiger partial charge on any atom is -0.336 e. The van der Waals surface area contributed by atoms with Crippen LogP contribution < -0.4 is 0 Å². The Bertz CT molecular complexity index is 584. The highest BCUT2D eigenvalue weighted by atomic mass is 79.9. The molecule has 0 N–H and O–H groups in total. The van der Waals surface area contributed by atoms with Crippen LogP contribution in [0.4, 0.5) is 0 Å². The highest BCUT2D eigenvalue weighted by molar-refractivity contribution is 9.10. The van der Waals surface area contributed by atoms with Crippen molar-refractivity contribution in [2.75, 3.05) is 13.1 Å². The first-order valence-electron chi connectivity index (χ1n) is 6.14. The molecule has 1 aliphatic heterocycles. The number of nitrogens with zero attached hydrogens (tertiary/aromatic N) is 4. The normalized spacial score (nSPS) is 18.8. The fraction of sp³-hybridized carbons (Fsp3) is 0.308. The Hall–Kier alpha value is -1.69. The fourth-order valence-corrected chi connectivity index (χ4v) is 2.73. The Kier molecular flexibility index (Phi) is 3.33. The number of likely N-dealkylation sites (tertiary alicyclic amines) is 1. The second-order valence-electron chi connectivity index (χ2n) is 4.55. The molecule has 98 valence electrons. The number of hydrogen-bond acceptors (Lipinski definition) is 3. The van der Waals surface area contributed by atoms with Gasteiger partial charge in [-0.05, 0) is 24.6 Å². The Morgan fingerprint density at radius 1 is 1.32 bits per heavy atom. The molecule has 1 amide bonds. The van der Waals surface area contributed by atoms with Crippen molar-refractivity contribution in [3.63, 3.8) is 0 Å². The van der Waals surface area contributed by atoms with Crippen LogP contribution in [0.1, 0.15) is 22.8 Å². The van der Waals surface area contributed by atoms with E-state index >= 15 is 0 Å². The van der Waals surface area contributed by atoms with E-state index in [1.807, 2.05) is 29.2 Å². The molecule has 0 bridgehead atoms. The highest BCUT2D eigenvalue weighted by Gasteiger charge is 2.28. The molecule has 1 aromatic heterocycles. The third kappa shape index (κ3) is 2.53. The lowest BCUT2D eigenvalue weighted by Crippen LogP contribution is -2.29. The Morgan fingerprint density at radius 3 is 2.84 bits per heavy atom. The number of carbonyl (C=O) groups is 1. The van der Waals surface area contributed by atoms with Crippen LogP contribution in [-0.2, 0) is 0 Å². The van der Waals surface area contributed by atoms with Gasteiger partial charge in [0.15, 0.2) is 0 Å². The zero-order valence-corrected chi connectivity index (χ0v) is 11.8. The van der Waals surface area contributed by atoms with Gasteiger partial charge in [-0.15, -0.1) is 0 Å². The number of carbonyl (C=O) groups excluding carboxylic acids is 1. The van der Waals surface area contributed by atoms with Crippen molar-refractivity contribution in [2.24, 2.45) is 0 Å². The van der Waals surface area contributed by atoms with Gasteiger partial charge in [0.25, 0.3) is 5.91 Å². The van der Waals surface area contributed by atoms with Gasteiger partial charge in [0, 0.05) is 23.1 Å². The molecule has 1 atom stereocenters. The molecule has 2 aromatic rings. The van der Waals surface area contributed by atoms with Crippen LogP contribution in [0.3, 0.4) is 0 Å². The lowest BCUT2D eigenvalue weighted by molar-refractivity contribution is 0.0786. The maximum atomic E-state index is 12.4. The van der Waals surface area contributed by atoms with Crippen molar-refractivity contribution in [1.82, 2.24) is 19.9 Å². The lowest BCUT2D eigenvalue weighted by atomic mass is 10.2. The van der Waals surface area contributed by atoms with Gasteiger partial charge in [-0.1, -0.05) is 22.0 Å². The maximum Gasteiger partial charge on any atom is 0.253 e. The van der Waals surface area contributed by atoms with Crippen molar-refractivity contribution in [2.45, 2.75) is 12.5 Å². The Labute approximate surface area is 119 Å². The van der Waals surface area contributed by atoms with Crippen LogP contribution in [-0.4, -0.2) is 38.9 Å². The number of hydrogen-bond donors (Lipinski definition) is 0. The van der Waals surface area contributed by atoms with E-state index in [9.17, 15) is 4.79 Å². The number of aromatic nitrogens is 3. The molecular formula is C13H13BrN4O. The monoisotopic (exact) mass is 320 g/mol. The molecule has 2 heterocycles. The van der Waals surface area contributed by atoms with Crippen LogP contribution >= 0.6 is 15.9 Å². The van der Waals surface area contributed by atoms with Crippen molar-refractivity contribution in [3.05, 3.63) is 46.7 Å². The van der Waals surface area contributed by atoms with Crippen LogP contribution in [0.5, 0.6) is 0 Å². The molecule has 0 saturated carbocycles. The maximum absolute atomic E-state index is 12.4. The molecule has 0 radical (unpaired) electrons. The number of rotatable bonds is 2. The summed E-state index contributed by atoms with van der Waals surface area (Å²) in [5.74, 6) is 0.0657. The molecule has 1 fully saturated rings. The van der Waals surface area contributed by atoms with Gasteiger partial charge in [-0.25, -0.2) is 0 Å². The molecule has 1 saturated heterocycles. The second kappa shape index (κ2) is 5.13. The molecule has 1 aromatic carbocycles. The van der Waals surface area contributed by atoms with E-state index in [4.69, 9.17) is 0 Å². The first kappa shape index (κ1) is 12.3. The molecule has 0 spiro atoms. The van der Waals surface area contributed by atoms with E-state index < -0.39 is 0 Å². The summed E-state index contributed by atoms with van der Waals surface area (Å²) in [7, 11) is 0. The smallest absolute Gasteiger partial charge is 0.253 e. The van der Waals surface area contributed by atoms with Gasteiger partial charge < -0.3 is 4.90 Å². The predicted molar refractivity (Wildman–Crippen MR) is 73.7 cm³/mol. The first-order chi connectivity index (χ1) is 9.24. The number of benzene rings is 1. The zero-order chi connectivity index (χ0) is 13.2. The van der Waals surface area contributed by atoms with Gasteiger partial charge in [0.1, 0.15) is 0 Å². The van der Waals surface area contributed by atoms with Crippen LogP contribution in [0, 0.1) is 0 Å². The first-order valence-corrected chi connectivity index (χ1v) is 6.94. The van der Waals surface area contributed by atoms with Crippen molar-refractivity contribution in [1.29, 1.82) is 0 Å². The average Bonchev–Trinajstić information content (AvgIpc) is 3.08. The summed E-state index contributed by atoms with van der Waals surface area (Å²) in [6.07, 6.45) is 4.23. The van der Waals surface area contributed by atoms with Crippen molar-refractivity contribution >= 4 is 21.8 Å². The van der Waals surface area contributed by atoms with Crippen LogP contribution in [0.15, 0.2) is 41.1 Å². The minimum absolute atomic E-state index is 0.0657. The molecule has 1 unspecified atom stereocenters. The Balaban J connectivity index is 1.73. The van der Waals surface area contributed by atoms with Crippen molar-refractivity contribution in [3.8, 4) is 0 Å². The topological polar surface area (TPSA) is 51.0 Å². The van der Waals surface area contributed by atoms with Gasteiger partial charge in [0.05, 0.1) is 18.4 Å². The summed E-state index contributed by atoms with van der Waals surface area (Å²) in [5.41, 5.74) is 0.712. The van der Waals surface area contributed by atoms with E-state index in [0.29, 0.717) is 12.1 Å². The molecular weight excluding hydrogens is 308 g/mol. The SMILES string of the molecule is O=C(c1cccc(Br)c1)N1CCC(n2nccn2)C1. The quantitative estimate of drug-likeness (QED) is 0.851. The lowest BCUT2D eigenvalue weighted by Gasteiger charge is -2.16. The summed E-state index contributed by atoms with van der Waals surface area (Å²) in [5, 5.41) is 8.28. The third-order valence-electron chi connectivity index (χ3n) is 3.29. The fourth-order valence-electron chi connectivity index (χ4n) is 2.33. The van der Waals surface area contributed by atoms with Gasteiger partial charge in [-0.3, -0.25) is 4.79 Å². The molecule has 0 aliphatic carbocycles. The van der Waals surface area contributed by atoms with Gasteiger partial charge >= 0.3 is 0 Å². The third-order valence-corrected chi connectivity index (χ3v) is 3.78. The molecule has 19 heavy (non-hydrogen) atoms. The summed E-state index contributed by atoms with van der Waals surface area (Å²) in [6.45, 7) is 1.41. The van der Waals surface area contributed by atoms with Crippen LogP contribution in [0.2, 0.25) is 0 Å². The second-order valence-corrected chi connectivity index (χ2v) is 5.47. The van der Waals surface area contributed by atoms with E-state index in [0.717, 1.165) is 17.4 Å². The van der Waals surface area contributed by atoms with E-state index in [1.54, 1.807) is 17.2 Å². The zero-order valence-electron chi connectivity index (χ0n) is 10.2. The average molecular weight is 321 g/mol. The molecule has 5 nitrogen and oxygen atoms in total. The number of halogens is 1. The highest BCUT2D eigenvalue weighted by Crippen LogP contribution is 2.22. The summed E-state index contributed by atoms with van der Waals surface area (Å²) < 4.78 is 0.919. The van der Waals surface area contributed by atoms with E-state index in [1.165, 1.54) is 0 Å². The van der Waals surface area contributed by atoms with Crippen molar-refractivity contribution < 1.29 is 4.79 Å². The standard InChI is InChI=1S/C13H13BrN4O/c14-11-3-1-2-10(8-11)13(19)17-7-4-12(9-17)18-15-5-6-16-18/h1-3,5-6,8,12H,4,7,9H2. The Morgan fingerprint density at radius 2 is 2.11 bits per heavy atom. The number of amides is 1. The van der Waals surface area contributed by atoms with Gasteiger partial charge in [-0.2, -0.15) is 15.0 Å². The summed E-state index contributed by atoms with van der Waals surface area (Å²) in [6, 6.07) is 7.66. The minimum atomic E-state index is 0.0657. The predicted octanol–water partition coefficient (Wildman–Crippen LogP) is 2.13. The molecule has 6 heteroatoms. The van der Waals surface area contributed by atoms with Crippen LogP contribution in [0.25, 0.3) is 0 Å².